The Bertz CT molecular complexity index is 428. The van der Waals surface area contributed by atoms with Crippen molar-refractivity contribution in [2.24, 2.45) is 11.3 Å². The number of hydrogen-bond donors (Lipinski definition) is 0. The summed E-state index contributed by atoms with van der Waals surface area (Å²) in [4.78, 5) is 13.8. The van der Waals surface area contributed by atoms with Crippen molar-refractivity contribution in [3.63, 3.8) is 0 Å². The number of piperidine rings is 1. The van der Waals surface area contributed by atoms with Gasteiger partial charge in [0, 0.05) is 26.1 Å². The van der Waals surface area contributed by atoms with Crippen LogP contribution in [0.3, 0.4) is 0 Å². The molecule has 1 aromatic rings. The molecule has 1 aliphatic carbocycles. The maximum atomic E-state index is 11.3. The molecule has 1 saturated heterocycles. The zero-order valence-electron chi connectivity index (χ0n) is 10.4. The maximum absolute atomic E-state index is 11.3. The topological polar surface area (TPSA) is 20.3 Å². The van der Waals surface area contributed by atoms with Crippen molar-refractivity contribution in [1.82, 2.24) is 4.90 Å². The van der Waals surface area contributed by atoms with E-state index in [0.717, 1.165) is 25.4 Å². The first-order chi connectivity index (χ1) is 8.18. The van der Waals surface area contributed by atoms with Crippen molar-refractivity contribution in [1.29, 1.82) is 0 Å². The van der Waals surface area contributed by atoms with Gasteiger partial charge >= 0.3 is 0 Å². The minimum absolute atomic E-state index is 0.356. The number of hydrogen-bond acceptors (Lipinski definition) is 2. The van der Waals surface area contributed by atoms with E-state index in [1.54, 1.807) is 6.92 Å². The third-order valence-electron chi connectivity index (χ3n) is 4.23. The van der Waals surface area contributed by atoms with Crippen LogP contribution in [0.1, 0.15) is 25.3 Å². The van der Waals surface area contributed by atoms with Crippen LogP contribution in [-0.4, -0.2) is 23.8 Å². The Balaban J connectivity index is 1.61. The van der Waals surface area contributed by atoms with Crippen molar-refractivity contribution in [2.45, 2.75) is 26.3 Å². The number of ketones is 1. The Kier molecular flexibility index (Phi) is 2.55. The monoisotopic (exact) mass is 229 g/mol. The van der Waals surface area contributed by atoms with Crippen LogP contribution in [0.5, 0.6) is 0 Å². The van der Waals surface area contributed by atoms with Crippen LogP contribution in [0.25, 0.3) is 0 Å². The van der Waals surface area contributed by atoms with Gasteiger partial charge < -0.3 is 4.79 Å². The molecule has 2 aliphatic rings. The molecule has 1 heterocycles. The molecule has 3 rings (SSSR count). The third-order valence-corrected chi connectivity index (χ3v) is 4.23. The fourth-order valence-electron chi connectivity index (χ4n) is 3.44. The lowest BCUT2D eigenvalue weighted by atomic mass is 9.99. The van der Waals surface area contributed by atoms with Crippen LogP contribution in [0, 0.1) is 11.3 Å². The predicted octanol–water partition coefficient (Wildman–Crippen LogP) is 2.49. The molecule has 0 bridgehead atoms. The molecule has 90 valence electrons. The first-order valence-electron chi connectivity index (χ1n) is 6.44. The lowest BCUT2D eigenvalue weighted by Gasteiger charge is -2.20. The van der Waals surface area contributed by atoms with E-state index in [9.17, 15) is 4.79 Å². The number of rotatable bonds is 4. The summed E-state index contributed by atoms with van der Waals surface area (Å²) in [7, 11) is 0. The average molecular weight is 229 g/mol. The summed E-state index contributed by atoms with van der Waals surface area (Å²) >= 11 is 0. The smallest absolute Gasteiger partial charge is 0.130 e. The summed E-state index contributed by atoms with van der Waals surface area (Å²) in [6, 6.07) is 10.6. The van der Waals surface area contributed by atoms with Crippen molar-refractivity contribution in [2.75, 3.05) is 13.1 Å². The Hall–Kier alpha value is -1.15. The molecule has 2 atom stereocenters. The molecule has 0 aromatic heterocycles. The molecule has 1 saturated carbocycles. The summed E-state index contributed by atoms with van der Waals surface area (Å²) in [5.41, 5.74) is 1.74. The molecular formula is C15H19NO. The van der Waals surface area contributed by atoms with Crippen LogP contribution in [-0.2, 0) is 11.3 Å². The van der Waals surface area contributed by atoms with Crippen LogP contribution >= 0.6 is 0 Å². The first kappa shape index (κ1) is 11.0. The van der Waals surface area contributed by atoms with Gasteiger partial charge in [0.15, 0.2) is 0 Å². The third kappa shape index (κ3) is 2.14. The van der Waals surface area contributed by atoms with E-state index in [-0.39, 0.29) is 0 Å². The van der Waals surface area contributed by atoms with Gasteiger partial charge in [-0.05, 0) is 30.2 Å². The molecular weight excluding hydrogens is 210 g/mol. The molecule has 0 radical (unpaired) electrons. The van der Waals surface area contributed by atoms with Gasteiger partial charge in [0.1, 0.15) is 5.78 Å². The number of carbonyl (C=O) groups excluding carboxylic acids is 1. The fourth-order valence-corrected chi connectivity index (χ4v) is 3.44. The highest BCUT2D eigenvalue weighted by Crippen LogP contribution is 2.60. The van der Waals surface area contributed by atoms with Crippen molar-refractivity contribution < 1.29 is 4.79 Å². The van der Waals surface area contributed by atoms with Crippen molar-refractivity contribution in [3.05, 3.63) is 35.9 Å². The van der Waals surface area contributed by atoms with E-state index in [0.29, 0.717) is 11.2 Å². The average Bonchev–Trinajstić information content (AvgIpc) is 2.80. The molecule has 1 aromatic carbocycles. The van der Waals surface area contributed by atoms with Crippen LogP contribution in [0.2, 0.25) is 0 Å². The second-order valence-corrected chi connectivity index (χ2v) is 5.80. The molecule has 2 nitrogen and oxygen atoms in total. The minimum Gasteiger partial charge on any atom is -0.300 e. The molecule has 0 N–H and O–H groups in total. The summed E-state index contributed by atoms with van der Waals surface area (Å²) in [5.74, 6) is 1.14. The largest absolute Gasteiger partial charge is 0.300 e. The van der Waals surface area contributed by atoms with Gasteiger partial charge in [0.2, 0.25) is 0 Å². The Morgan fingerprint density at radius 3 is 2.88 bits per heavy atom. The second-order valence-electron chi connectivity index (χ2n) is 5.80. The number of carbonyl (C=O) groups is 1. The van der Waals surface area contributed by atoms with Crippen molar-refractivity contribution >= 4 is 5.78 Å². The van der Waals surface area contributed by atoms with E-state index < -0.39 is 0 Å². The second kappa shape index (κ2) is 3.95. The maximum Gasteiger partial charge on any atom is 0.130 e. The van der Waals surface area contributed by atoms with E-state index in [4.69, 9.17) is 0 Å². The molecule has 2 heteroatoms. The van der Waals surface area contributed by atoms with Gasteiger partial charge in [-0.2, -0.15) is 0 Å². The highest BCUT2D eigenvalue weighted by atomic mass is 16.1. The molecule has 1 aliphatic heterocycles. The van der Waals surface area contributed by atoms with Gasteiger partial charge in [-0.1, -0.05) is 30.3 Å². The predicted molar refractivity (Wildman–Crippen MR) is 67.6 cm³/mol. The fraction of sp³-hybridized carbons (Fsp3) is 0.533. The van der Waals surface area contributed by atoms with E-state index in [2.05, 4.69) is 35.2 Å². The van der Waals surface area contributed by atoms with E-state index in [1.165, 1.54) is 18.5 Å². The summed E-state index contributed by atoms with van der Waals surface area (Å²) < 4.78 is 0. The van der Waals surface area contributed by atoms with Crippen LogP contribution in [0.15, 0.2) is 30.3 Å². The van der Waals surface area contributed by atoms with Crippen molar-refractivity contribution in [3.8, 4) is 0 Å². The number of nitrogens with zero attached hydrogens (tertiary/aromatic N) is 1. The number of fused-ring (bicyclic) bond motifs is 1. The quantitative estimate of drug-likeness (QED) is 0.790. The SMILES string of the molecule is CC(=O)CC12CC1CN(Cc1ccccc1)C2. The Morgan fingerprint density at radius 2 is 2.18 bits per heavy atom. The number of Topliss-reactive ketones (excluding diaryl/α,β-unsaturated/α-hetero) is 1. The van der Waals surface area contributed by atoms with Gasteiger partial charge in [-0.3, -0.25) is 4.90 Å². The zero-order chi connectivity index (χ0) is 11.9. The molecule has 2 unspecified atom stereocenters. The minimum atomic E-state index is 0.356. The van der Waals surface area contributed by atoms with Crippen LogP contribution in [0.4, 0.5) is 0 Å². The molecule has 17 heavy (non-hydrogen) atoms. The standard InChI is InChI=1S/C15H19NO/c1-12(17)7-15-8-14(15)10-16(11-15)9-13-5-3-2-4-6-13/h2-6,14H,7-11H2,1H3. The molecule has 0 spiro atoms. The summed E-state index contributed by atoms with van der Waals surface area (Å²) in [5, 5.41) is 0. The van der Waals surface area contributed by atoms with Gasteiger partial charge in [-0.25, -0.2) is 0 Å². The highest BCUT2D eigenvalue weighted by molar-refractivity contribution is 5.77. The summed E-state index contributed by atoms with van der Waals surface area (Å²) in [6.07, 6.45) is 2.07. The normalized spacial score (nSPS) is 31.2. The molecule has 2 fully saturated rings. The van der Waals surface area contributed by atoms with Gasteiger partial charge in [0.25, 0.3) is 0 Å². The highest BCUT2D eigenvalue weighted by Gasteiger charge is 2.59. The zero-order valence-corrected chi connectivity index (χ0v) is 10.4. The summed E-state index contributed by atoms with van der Waals surface area (Å²) in [6.45, 7) is 5.06. The first-order valence-corrected chi connectivity index (χ1v) is 6.44. The van der Waals surface area contributed by atoms with E-state index in [1.807, 2.05) is 0 Å². The number of benzene rings is 1. The van der Waals surface area contributed by atoms with Crippen LogP contribution < -0.4 is 0 Å². The lowest BCUT2D eigenvalue weighted by molar-refractivity contribution is -0.118. The van der Waals surface area contributed by atoms with Gasteiger partial charge in [-0.15, -0.1) is 0 Å². The Labute approximate surface area is 103 Å². The van der Waals surface area contributed by atoms with Gasteiger partial charge in [0.05, 0.1) is 0 Å². The number of likely N-dealkylation sites (tertiary alicyclic amines) is 1. The Morgan fingerprint density at radius 1 is 1.41 bits per heavy atom. The van der Waals surface area contributed by atoms with E-state index >= 15 is 0 Å². The molecule has 0 amide bonds. The lowest BCUT2D eigenvalue weighted by Crippen LogP contribution is -2.25.